The van der Waals surface area contributed by atoms with Gasteiger partial charge in [-0.3, -0.25) is 0 Å². The van der Waals surface area contributed by atoms with E-state index in [1.54, 1.807) is 6.92 Å². The SMILES string of the molecule is C=C(C)C(Cl)CCC(C)=CCCC(C)=CCCC(C)=O. The molecular weight excluding hydrogens is 268 g/mol. The van der Waals surface area contributed by atoms with Crippen molar-refractivity contribution >= 4 is 17.4 Å². The molecule has 0 amide bonds. The first-order valence-corrected chi connectivity index (χ1v) is 7.86. The molecule has 1 unspecified atom stereocenters. The highest BCUT2D eigenvalue weighted by molar-refractivity contribution is 6.22. The van der Waals surface area contributed by atoms with E-state index in [1.807, 2.05) is 6.92 Å². The van der Waals surface area contributed by atoms with Gasteiger partial charge in [-0.1, -0.05) is 35.5 Å². The molecule has 0 aromatic carbocycles. The van der Waals surface area contributed by atoms with Gasteiger partial charge < -0.3 is 4.79 Å². The molecule has 0 aliphatic heterocycles. The highest BCUT2D eigenvalue weighted by Crippen LogP contribution is 2.18. The molecule has 0 spiro atoms. The van der Waals surface area contributed by atoms with Gasteiger partial charge in [0.05, 0.1) is 5.38 Å². The maximum atomic E-state index is 10.8. The van der Waals surface area contributed by atoms with E-state index >= 15 is 0 Å². The zero-order valence-electron chi connectivity index (χ0n) is 13.5. The van der Waals surface area contributed by atoms with Crippen LogP contribution in [-0.2, 0) is 4.79 Å². The van der Waals surface area contributed by atoms with E-state index in [2.05, 4.69) is 32.6 Å². The second kappa shape index (κ2) is 10.9. The van der Waals surface area contributed by atoms with Crippen molar-refractivity contribution in [1.29, 1.82) is 0 Å². The molecule has 0 N–H and O–H groups in total. The third-order valence-corrected chi connectivity index (χ3v) is 3.94. The topological polar surface area (TPSA) is 17.1 Å². The van der Waals surface area contributed by atoms with Crippen LogP contribution in [0, 0.1) is 0 Å². The Bertz CT molecular complexity index is 377. The highest BCUT2D eigenvalue weighted by atomic mass is 35.5. The molecule has 0 bridgehead atoms. The maximum absolute atomic E-state index is 10.8. The molecular formula is C18H29ClO. The fourth-order valence-corrected chi connectivity index (χ4v) is 1.98. The second-order valence-electron chi connectivity index (χ2n) is 5.73. The van der Waals surface area contributed by atoms with Gasteiger partial charge in [-0.2, -0.15) is 0 Å². The van der Waals surface area contributed by atoms with Gasteiger partial charge in [0.2, 0.25) is 0 Å². The Hall–Kier alpha value is -0.820. The van der Waals surface area contributed by atoms with E-state index in [0.717, 1.165) is 37.7 Å². The summed E-state index contributed by atoms with van der Waals surface area (Å²) in [4.78, 5) is 10.8. The van der Waals surface area contributed by atoms with Crippen molar-refractivity contribution in [2.24, 2.45) is 0 Å². The first-order chi connectivity index (χ1) is 9.32. The van der Waals surface area contributed by atoms with Gasteiger partial charge in [0.25, 0.3) is 0 Å². The lowest BCUT2D eigenvalue weighted by atomic mass is 10.0. The summed E-state index contributed by atoms with van der Waals surface area (Å²) in [7, 11) is 0. The zero-order chi connectivity index (χ0) is 15.5. The largest absolute Gasteiger partial charge is 0.300 e. The number of hydrogen-bond donors (Lipinski definition) is 0. The van der Waals surface area contributed by atoms with Gasteiger partial charge in [-0.05, 0) is 59.8 Å². The molecule has 0 saturated heterocycles. The fraction of sp³-hybridized carbons (Fsp3) is 0.611. The van der Waals surface area contributed by atoms with Crippen molar-refractivity contribution < 1.29 is 4.79 Å². The molecule has 0 heterocycles. The summed E-state index contributed by atoms with van der Waals surface area (Å²) >= 11 is 6.16. The van der Waals surface area contributed by atoms with Crippen LogP contribution in [0.2, 0.25) is 0 Å². The van der Waals surface area contributed by atoms with Crippen LogP contribution >= 0.6 is 11.6 Å². The zero-order valence-corrected chi connectivity index (χ0v) is 14.2. The summed E-state index contributed by atoms with van der Waals surface area (Å²) in [6.07, 6.45) is 10.1. The van der Waals surface area contributed by atoms with Crippen molar-refractivity contribution in [3.8, 4) is 0 Å². The van der Waals surface area contributed by atoms with E-state index in [4.69, 9.17) is 11.6 Å². The number of carbonyl (C=O) groups is 1. The summed E-state index contributed by atoms with van der Waals surface area (Å²) in [5, 5.41) is 0.0894. The Morgan fingerprint density at radius 3 is 2.00 bits per heavy atom. The Morgan fingerprint density at radius 2 is 1.50 bits per heavy atom. The van der Waals surface area contributed by atoms with Crippen molar-refractivity contribution in [2.75, 3.05) is 0 Å². The Morgan fingerprint density at radius 1 is 1.00 bits per heavy atom. The lowest BCUT2D eigenvalue weighted by Gasteiger charge is -2.08. The van der Waals surface area contributed by atoms with E-state index in [1.165, 1.54) is 11.1 Å². The number of rotatable bonds is 10. The summed E-state index contributed by atoms with van der Waals surface area (Å²) in [5.41, 5.74) is 3.81. The summed E-state index contributed by atoms with van der Waals surface area (Å²) in [6.45, 7) is 11.8. The molecule has 1 atom stereocenters. The predicted molar refractivity (Wildman–Crippen MR) is 90.4 cm³/mol. The van der Waals surface area contributed by atoms with Crippen molar-refractivity contribution in [3.05, 3.63) is 35.5 Å². The highest BCUT2D eigenvalue weighted by Gasteiger charge is 2.04. The normalized spacial score (nSPS) is 14.2. The van der Waals surface area contributed by atoms with Gasteiger partial charge in [-0.15, -0.1) is 11.6 Å². The number of alkyl halides is 1. The van der Waals surface area contributed by atoms with E-state index in [0.29, 0.717) is 6.42 Å². The van der Waals surface area contributed by atoms with Gasteiger partial charge in [0.15, 0.2) is 0 Å². The Kier molecular flexibility index (Phi) is 10.5. The number of allylic oxidation sites excluding steroid dienone is 5. The molecule has 20 heavy (non-hydrogen) atoms. The molecule has 0 fully saturated rings. The van der Waals surface area contributed by atoms with E-state index in [-0.39, 0.29) is 11.2 Å². The average molecular weight is 297 g/mol. The minimum Gasteiger partial charge on any atom is -0.300 e. The molecule has 114 valence electrons. The van der Waals surface area contributed by atoms with Crippen LogP contribution in [-0.4, -0.2) is 11.2 Å². The van der Waals surface area contributed by atoms with Crippen LogP contribution < -0.4 is 0 Å². The molecule has 0 radical (unpaired) electrons. The fourth-order valence-electron chi connectivity index (χ4n) is 1.87. The summed E-state index contributed by atoms with van der Waals surface area (Å²) in [6, 6.07) is 0. The Balaban J connectivity index is 3.92. The number of halogens is 1. The summed E-state index contributed by atoms with van der Waals surface area (Å²) in [5.74, 6) is 0.262. The first-order valence-electron chi connectivity index (χ1n) is 7.43. The van der Waals surface area contributed by atoms with E-state index < -0.39 is 0 Å². The van der Waals surface area contributed by atoms with Crippen molar-refractivity contribution in [3.63, 3.8) is 0 Å². The average Bonchev–Trinajstić information content (AvgIpc) is 2.35. The van der Waals surface area contributed by atoms with Crippen molar-refractivity contribution in [2.45, 2.75) is 71.6 Å². The van der Waals surface area contributed by atoms with E-state index in [9.17, 15) is 4.79 Å². The number of carbonyl (C=O) groups excluding carboxylic acids is 1. The van der Waals surface area contributed by atoms with Crippen LogP contribution in [0.4, 0.5) is 0 Å². The minimum atomic E-state index is 0.0894. The predicted octanol–water partition coefficient (Wildman–Crippen LogP) is 5.99. The quantitative estimate of drug-likeness (QED) is 0.357. The molecule has 0 aliphatic carbocycles. The number of Topliss-reactive ketones (excluding diaryl/α,β-unsaturated/α-hetero) is 1. The Labute approximate surface area is 129 Å². The second-order valence-corrected chi connectivity index (χ2v) is 6.26. The monoisotopic (exact) mass is 296 g/mol. The molecule has 2 heteroatoms. The molecule has 0 aromatic rings. The van der Waals surface area contributed by atoms with Crippen LogP contribution in [0.5, 0.6) is 0 Å². The lowest BCUT2D eigenvalue weighted by Crippen LogP contribution is -1.99. The lowest BCUT2D eigenvalue weighted by molar-refractivity contribution is -0.116. The number of ketones is 1. The van der Waals surface area contributed by atoms with Gasteiger partial charge in [0, 0.05) is 6.42 Å². The van der Waals surface area contributed by atoms with Gasteiger partial charge >= 0.3 is 0 Å². The van der Waals surface area contributed by atoms with Crippen LogP contribution in [0.15, 0.2) is 35.5 Å². The van der Waals surface area contributed by atoms with Crippen LogP contribution in [0.3, 0.4) is 0 Å². The molecule has 0 aliphatic rings. The van der Waals surface area contributed by atoms with Gasteiger partial charge in [0.1, 0.15) is 5.78 Å². The molecule has 0 aromatic heterocycles. The smallest absolute Gasteiger partial charge is 0.130 e. The third kappa shape index (κ3) is 11.0. The van der Waals surface area contributed by atoms with Crippen molar-refractivity contribution in [1.82, 2.24) is 0 Å². The van der Waals surface area contributed by atoms with Gasteiger partial charge in [-0.25, -0.2) is 0 Å². The summed E-state index contributed by atoms with van der Waals surface area (Å²) < 4.78 is 0. The standard InChI is InChI=1S/C18H29ClO/c1-14(2)18(19)13-12-16(4)9-6-8-15(3)10-7-11-17(5)20/h9-10,18H,1,6-8,11-13H2,2-5H3. The maximum Gasteiger partial charge on any atom is 0.130 e. The minimum absolute atomic E-state index is 0.0894. The van der Waals surface area contributed by atoms with Crippen LogP contribution in [0.1, 0.15) is 66.2 Å². The molecule has 1 nitrogen and oxygen atoms in total. The number of hydrogen-bond acceptors (Lipinski definition) is 1. The molecule has 0 saturated carbocycles. The third-order valence-electron chi connectivity index (χ3n) is 3.35. The first kappa shape index (κ1) is 19.2. The molecule has 0 rings (SSSR count). The van der Waals surface area contributed by atoms with Crippen LogP contribution in [0.25, 0.3) is 0 Å².